The van der Waals surface area contributed by atoms with E-state index >= 15 is 0 Å². The van der Waals surface area contributed by atoms with Crippen LogP contribution in [0.2, 0.25) is 0 Å². The molecule has 0 aliphatic heterocycles. The molecule has 3 aromatic heterocycles. The first-order valence-electron chi connectivity index (χ1n) is 12.8. The van der Waals surface area contributed by atoms with E-state index in [1.165, 1.54) is 13.3 Å². The first-order valence-corrected chi connectivity index (χ1v) is 12.8. The molecule has 3 heterocycles. The lowest BCUT2D eigenvalue weighted by Crippen LogP contribution is -2.26. The minimum Gasteiger partial charge on any atom is -0.460 e. The summed E-state index contributed by atoms with van der Waals surface area (Å²) in [6, 6.07) is 11.3. The number of benzene rings is 1. The van der Waals surface area contributed by atoms with Gasteiger partial charge < -0.3 is 21.1 Å². The van der Waals surface area contributed by atoms with Gasteiger partial charge in [-0.15, -0.1) is 0 Å². The number of hydrogen-bond acceptors (Lipinski definition) is 9. The van der Waals surface area contributed by atoms with Crippen LogP contribution in [-0.4, -0.2) is 56.2 Å². The second kappa shape index (κ2) is 11.9. The number of rotatable bonds is 12. The number of halogens is 2. The summed E-state index contributed by atoms with van der Waals surface area (Å²) in [6.07, 6.45) is 7.66. The van der Waals surface area contributed by atoms with E-state index in [1.54, 1.807) is 24.5 Å². The summed E-state index contributed by atoms with van der Waals surface area (Å²) in [7, 11) is 0. The third-order valence-corrected chi connectivity index (χ3v) is 6.04. The summed E-state index contributed by atoms with van der Waals surface area (Å²) in [5.41, 5.74) is 8.92. The molecule has 13 heteroatoms. The van der Waals surface area contributed by atoms with E-state index in [1.807, 2.05) is 24.3 Å². The van der Waals surface area contributed by atoms with Gasteiger partial charge in [0.1, 0.15) is 18.0 Å². The molecule has 11 nitrogen and oxygen atoms in total. The second-order valence-corrected chi connectivity index (χ2v) is 9.16. The van der Waals surface area contributed by atoms with Gasteiger partial charge in [-0.2, -0.15) is 4.98 Å². The van der Waals surface area contributed by atoms with Crippen molar-refractivity contribution < 1.29 is 13.5 Å². The van der Waals surface area contributed by atoms with Gasteiger partial charge in [-0.1, -0.05) is 19.1 Å². The van der Waals surface area contributed by atoms with Crippen molar-refractivity contribution in [3.8, 4) is 17.3 Å². The number of ether oxygens (including phenoxy) is 1. The highest BCUT2D eigenvalue weighted by molar-refractivity contribution is 5.88. The molecule has 0 amide bonds. The zero-order valence-electron chi connectivity index (χ0n) is 21.8. The predicted molar refractivity (Wildman–Crippen MR) is 150 cm³/mol. The number of nitrogens with two attached hydrogens (primary N) is 1. The van der Waals surface area contributed by atoms with Crippen molar-refractivity contribution in [1.82, 2.24) is 24.9 Å². The maximum atomic E-state index is 14.1. The molecular weight excluding hydrogens is 518 g/mol. The Labute approximate surface area is 229 Å². The van der Waals surface area contributed by atoms with Crippen molar-refractivity contribution in [3.63, 3.8) is 0 Å². The number of aliphatic imine (C=N–C) groups is 2. The standard InChI is InChI=1S/C27H28F2N10O/c1-2-27(28,29)14-35-24-23-22(10-9-21(37-23)18-12-33-26(34-13-18)40-20-7-8-20)38-25(39-24)32-11-17-3-5-19(6-4-17)36-16-31-15-30/h3-6,9-10,12-13,15-16,20H,2,7-8,11,14H2,1H3,(H2,30,31,36)(H2,32,35,38,39). The smallest absolute Gasteiger partial charge is 0.316 e. The molecule has 0 bridgehead atoms. The molecule has 1 aromatic carbocycles. The van der Waals surface area contributed by atoms with Gasteiger partial charge in [0.25, 0.3) is 5.92 Å². The molecule has 4 N–H and O–H groups in total. The molecule has 1 fully saturated rings. The maximum Gasteiger partial charge on any atom is 0.316 e. The van der Waals surface area contributed by atoms with Gasteiger partial charge in [-0.3, -0.25) is 0 Å². The van der Waals surface area contributed by atoms with E-state index in [0.717, 1.165) is 30.4 Å². The summed E-state index contributed by atoms with van der Waals surface area (Å²) >= 11 is 0. The Morgan fingerprint density at radius 3 is 2.52 bits per heavy atom. The highest BCUT2D eigenvalue weighted by Crippen LogP contribution is 2.28. The van der Waals surface area contributed by atoms with Gasteiger partial charge >= 0.3 is 6.01 Å². The number of nitrogens with one attached hydrogen (secondary N) is 2. The van der Waals surface area contributed by atoms with Crippen LogP contribution in [-0.2, 0) is 6.54 Å². The minimum atomic E-state index is -2.91. The zero-order valence-corrected chi connectivity index (χ0v) is 21.8. The molecule has 5 rings (SSSR count). The number of nitrogens with zero attached hydrogens (tertiary/aromatic N) is 7. The van der Waals surface area contributed by atoms with Crippen molar-refractivity contribution in [1.29, 1.82) is 0 Å². The van der Waals surface area contributed by atoms with E-state index in [2.05, 4.69) is 45.5 Å². The molecule has 0 atom stereocenters. The Balaban J connectivity index is 1.38. The van der Waals surface area contributed by atoms with E-state index < -0.39 is 12.5 Å². The van der Waals surface area contributed by atoms with Crippen LogP contribution in [0.25, 0.3) is 22.3 Å². The Morgan fingerprint density at radius 2 is 1.82 bits per heavy atom. The first kappa shape index (κ1) is 26.8. The van der Waals surface area contributed by atoms with Crippen molar-refractivity contribution in [2.75, 3.05) is 17.2 Å². The van der Waals surface area contributed by atoms with E-state index in [0.29, 0.717) is 34.8 Å². The average molecular weight is 547 g/mol. The lowest BCUT2D eigenvalue weighted by atomic mass is 10.2. The number of anilines is 2. The van der Waals surface area contributed by atoms with Crippen LogP contribution in [0.5, 0.6) is 6.01 Å². The molecule has 0 saturated heterocycles. The quantitative estimate of drug-likeness (QED) is 0.169. The fraction of sp³-hybridized carbons (Fsp3) is 0.296. The van der Waals surface area contributed by atoms with E-state index in [-0.39, 0.29) is 24.3 Å². The molecule has 1 aliphatic rings. The number of fused-ring (bicyclic) bond motifs is 1. The van der Waals surface area contributed by atoms with Gasteiger partial charge in [0.15, 0.2) is 5.82 Å². The monoisotopic (exact) mass is 546 g/mol. The summed E-state index contributed by atoms with van der Waals surface area (Å²) in [5, 5.41) is 5.93. The Kier molecular flexibility index (Phi) is 7.99. The van der Waals surface area contributed by atoms with Crippen molar-refractivity contribution >= 4 is 41.2 Å². The summed E-state index contributed by atoms with van der Waals surface area (Å²) in [6.45, 7) is 1.24. The molecule has 40 heavy (non-hydrogen) atoms. The Bertz CT molecular complexity index is 1510. The van der Waals surface area contributed by atoms with Gasteiger partial charge in [-0.25, -0.2) is 38.7 Å². The number of alkyl halides is 2. The van der Waals surface area contributed by atoms with Gasteiger partial charge in [-0.05, 0) is 42.7 Å². The van der Waals surface area contributed by atoms with Crippen molar-refractivity contribution in [2.24, 2.45) is 15.7 Å². The van der Waals surface area contributed by atoms with Crippen LogP contribution in [0.1, 0.15) is 31.7 Å². The SMILES string of the molecule is CCC(F)(F)CNc1nc(NCc2ccc(N=CN=CN)cc2)nc2ccc(-c3cnc(OC4CC4)nc3)nc12. The van der Waals surface area contributed by atoms with Crippen molar-refractivity contribution in [2.45, 2.75) is 44.8 Å². The normalized spacial score (nSPS) is 13.8. The largest absolute Gasteiger partial charge is 0.460 e. The van der Waals surface area contributed by atoms with E-state index in [4.69, 9.17) is 10.5 Å². The summed E-state index contributed by atoms with van der Waals surface area (Å²) in [5.74, 6) is -2.44. The molecule has 206 valence electrons. The highest BCUT2D eigenvalue weighted by atomic mass is 19.3. The second-order valence-electron chi connectivity index (χ2n) is 9.16. The van der Waals surface area contributed by atoms with E-state index in [9.17, 15) is 8.78 Å². The van der Waals surface area contributed by atoms with Gasteiger partial charge in [0, 0.05) is 30.9 Å². The van der Waals surface area contributed by atoms with Gasteiger partial charge in [0.2, 0.25) is 5.95 Å². The van der Waals surface area contributed by atoms with Crippen LogP contribution >= 0.6 is 0 Å². The van der Waals surface area contributed by atoms with Crippen molar-refractivity contribution in [3.05, 3.63) is 54.4 Å². The predicted octanol–water partition coefficient (Wildman–Crippen LogP) is 4.74. The summed E-state index contributed by atoms with van der Waals surface area (Å²) < 4.78 is 33.9. The topological polar surface area (TPSA) is 148 Å². The molecule has 1 saturated carbocycles. The lowest BCUT2D eigenvalue weighted by molar-refractivity contribution is 0.0115. The first-order chi connectivity index (χ1) is 19.4. The number of pyridine rings is 1. The molecular formula is C27H28F2N10O. The van der Waals surface area contributed by atoms with Crippen LogP contribution < -0.4 is 21.1 Å². The molecule has 0 spiro atoms. The third-order valence-electron chi connectivity index (χ3n) is 6.04. The van der Waals surface area contributed by atoms with Crippen LogP contribution in [0.3, 0.4) is 0 Å². The fourth-order valence-corrected chi connectivity index (χ4v) is 3.58. The molecule has 4 aromatic rings. The summed E-state index contributed by atoms with van der Waals surface area (Å²) in [4.78, 5) is 30.1. The molecule has 0 unspecified atom stereocenters. The molecule has 1 aliphatic carbocycles. The maximum absolute atomic E-state index is 14.1. The Morgan fingerprint density at radius 1 is 1.05 bits per heavy atom. The zero-order chi connectivity index (χ0) is 28.0. The molecule has 0 radical (unpaired) electrons. The van der Waals surface area contributed by atoms with Gasteiger partial charge in [0.05, 0.1) is 29.8 Å². The number of aromatic nitrogens is 5. The van der Waals surface area contributed by atoms with Crippen LogP contribution in [0, 0.1) is 0 Å². The Hall–Kier alpha value is -4.81. The number of hydrogen-bond donors (Lipinski definition) is 3. The lowest BCUT2D eigenvalue weighted by Gasteiger charge is -2.17. The van der Waals surface area contributed by atoms with Crippen LogP contribution in [0.4, 0.5) is 26.2 Å². The van der Waals surface area contributed by atoms with Crippen LogP contribution in [0.15, 0.2) is 58.8 Å². The highest BCUT2D eigenvalue weighted by Gasteiger charge is 2.27. The minimum absolute atomic E-state index is 0.190. The average Bonchev–Trinajstić information content (AvgIpc) is 3.80. The fourth-order valence-electron chi connectivity index (χ4n) is 3.58. The third kappa shape index (κ3) is 6.98.